The highest BCUT2D eigenvalue weighted by molar-refractivity contribution is 5.74. The monoisotopic (exact) mass is 318 g/mol. The number of carbonyl (C=O) groups excluding carboxylic acids is 1. The molecule has 23 heavy (non-hydrogen) atoms. The first-order valence-electron chi connectivity index (χ1n) is 8.82. The number of piperidine rings is 1. The topological polar surface area (TPSA) is 52.6 Å². The van der Waals surface area contributed by atoms with E-state index in [2.05, 4.69) is 43.4 Å². The van der Waals surface area contributed by atoms with Crippen LogP contribution in [0.5, 0.6) is 0 Å². The van der Waals surface area contributed by atoms with E-state index in [1.807, 2.05) is 4.90 Å². The number of benzene rings is 1. The fourth-order valence-electron chi connectivity index (χ4n) is 3.07. The highest BCUT2D eigenvalue weighted by Gasteiger charge is 2.22. The molecule has 0 radical (unpaired) electrons. The van der Waals surface area contributed by atoms with Crippen LogP contribution >= 0.6 is 0 Å². The summed E-state index contributed by atoms with van der Waals surface area (Å²) in [6.45, 7) is 6.76. The van der Waals surface area contributed by atoms with E-state index in [0.717, 1.165) is 32.2 Å². The maximum atomic E-state index is 12.1. The molecular weight excluding hydrogens is 288 g/mol. The molecule has 4 nitrogen and oxygen atoms in total. The zero-order chi connectivity index (χ0) is 16.7. The third-order valence-electron chi connectivity index (χ3n) is 4.63. The van der Waals surface area contributed by atoms with Crippen LogP contribution in [0.1, 0.15) is 50.2 Å². The highest BCUT2D eigenvalue weighted by Crippen LogP contribution is 2.16. The number of hydrogen-bond donors (Lipinski definition) is 2. The molecule has 1 atom stereocenters. The lowest BCUT2D eigenvalue weighted by Crippen LogP contribution is -2.46. The maximum Gasteiger partial charge on any atom is 0.317 e. The highest BCUT2D eigenvalue weighted by atomic mass is 16.3. The molecule has 2 amide bonds. The van der Waals surface area contributed by atoms with Crippen LogP contribution < -0.4 is 5.32 Å². The smallest absolute Gasteiger partial charge is 0.317 e. The fraction of sp³-hybridized carbons (Fsp3) is 0.632. The van der Waals surface area contributed by atoms with Gasteiger partial charge in [-0.2, -0.15) is 0 Å². The molecule has 2 rings (SSSR count). The molecule has 1 aromatic rings. The number of nitrogens with zero attached hydrogens (tertiary/aromatic N) is 1. The number of carbonyl (C=O) groups is 1. The third kappa shape index (κ3) is 5.54. The van der Waals surface area contributed by atoms with Gasteiger partial charge in [-0.25, -0.2) is 4.79 Å². The SMILES string of the molecule is CC(C)c1ccc(CCCNC(=O)N2CCCC(CO)C2)cc1. The Labute approximate surface area is 139 Å². The Morgan fingerprint density at radius 3 is 2.74 bits per heavy atom. The zero-order valence-corrected chi connectivity index (χ0v) is 14.4. The number of likely N-dealkylation sites (tertiary alicyclic amines) is 1. The Hall–Kier alpha value is -1.55. The molecule has 1 unspecified atom stereocenters. The van der Waals surface area contributed by atoms with Gasteiger partial charge in [0.1, 0.15) is 0 Å². The van der Waals surface area contributed by atoms with Crippen LogP contribution in [0.4, 0.5) is 4.79 Å². The molecule has 1 heterocycles. The van der Waals surface area contributed by atoms with Crippen molar-refractivity contribution in [3.8, 4) is 0 Å². The van der Waals surface area contributed by atoms with Gasteiger partial charge in [0.15, 0.2) is 0 Å². The summed E-state index contributed by atoms with van der Waals surface area (Å²) in [6, 6.07) is 8.78. The standard InChI is InChI=1S/C19H30N2O2/c1-15(2)18-9-7-16(8-10-18)5-3-11-20-19(23)21-12-4-6-17(13-21)14-22/h7-10,15,17,22H,3-6,11-14H2,1-2H3,(H,20,23). The van der Waals surface area contributed by atoms with Crippen LogP contribution in [0.25, 0.3) is 0 Å². The Morgan fingerprint density at radius 2 is 2.09 bits per heavy atom. The van der Waals surface area contributed by atoms with Gasteiger partial charge in [0.05, 0.1) is 0 Å². The summed E-state index contributed by atoms with van der Waals surface area (Å²) in [4.78, 5) is 14.0. The summed E-state index contributed by atoms with van der Waals surface area (Å²) in [5.41, 5.74) is 2.69. The minimum Gasteiger partial charge on any atom is -0.396 e. The van der Waals surface area contributed by atoms with Crippen molar-refractivity contribution >= 4 is 6.03 Å². The summed E-state index contributed by atoms with van der Waals surface area (Å²) in [6.07, 6.45) is 3.94. The van der Waals surface area contributed by atoms with E-state index in [1.165, 1.54) is 11.1 Å². The van der Waals surface area contributed by atoms with Crippen LogP contribution in [-0.4, -0.2) is 42.3 Å². The fourth-order valence-corrected chi connectivity index (χ4v) is 3.07. The third-order valence-corrected chi connectivity index (χ3v) is 4.63. The second kappa shape index (κ2) is 8.92. The molecular formula is C19H30N2O2. The lowest BCUT2D eigenvalue weighted by molar-refractivity contribution is 0.129. The van der Waals surface area contributed by atoms with E-state index < -0.39 is 0 Å². The van der Waals surface area contributed by atoms with Gasteiger partial charge in [0.25, 0.3) is 0 Å². The number of rotatable bonds is 6. The van der Waals surface area contributed by atoms with E-state index in [0.29, 0.717) is 19.0 Å². The Kier molecular flexibility index (Phi) is 6.90. The van der Waals surface area contributed by atoms with E-state index in [4.69, 9.17) is 0 Å². The number of aryl methyl sites for hydroxylation is 1. The van der Waals surface area contributed by atoms with Gasteiger partial charge in [-0.15, -0.1) is 0 Å². The molecule has 0 bridgehead atoms. The molecule has 128 valence electrons. The first-order chi connectivity index (χ1) is 11.1. The number of aliphatic hydroxyl groups is 1. The number of amides is 2. The lowest BCUT2D eigenvalue weighted by atomic mass is 9.99. The maximum absolute atomic E-state index is 12.1. The van der Waals surface area contributed by atoms with E-state index in [-0.39, 0.29) is 18.6 Å². The second-order valence-corrected chi connectivity index (χ2v) is 6.87. The molecule has 0 spiro atoms. The molecule has 1 aliphatic heterocycles. The largest absolute Gasteiger partial charge is 0.396 e. The zero-order valence-electron chi connectivity index (χ0n) is 14.4. The van der Waals surface area contributed by atoms with Gasteiger partial charge in [0.2, 0.25) is 0 Å². The van der Waals surface area contributed by atoms with Crippen LogP contribution in [0, 0.1) is 5.92 Å². The number of aliphatic hydroxyl groups excluding tert-OH is 1. The summed E-state index contributed by atoms with van der Waals surface area (Å²) >= 11 is 0. The summed E-state index contributed by atoms with van der Waals surface area (Å²) in [5.74, 6) is 0.810. The molecule has 1 aromatic carbocycles. The number of hydrogen-bond acceptors (Lipinski definition) is 2. The first-order valence-corrected chi connectivity index (χ1v) is 8.82. The van der Waals surface area contributed by atoms with Crippen LogP contribution in [0.2, 0.25) is 0 Å². The molecule has 1 aliphatic rings. The average Bonchev–Trinajstić information content (AvgIpc) is 2.59. The number of urea groups is 1. The molecule has 0 saturated carbocycles. The van der Waals surface area contributed by atoms with Crippen molar-refractivity contribution in [3.05, 3.63) is 35.4 Å². The summed E-state index contributed by atoms with van der Waals surface area (Å²) in [7, 11) is 0. The predicted molar refractivity (Wildman–Crippen MR) is 93.6 cm³/mol. The molecule has 4 heteroatoms. The minimum absolute atomic E-state index is 0.0123. The van der Waals surface area contributed by atoms with Gasteiger partial charge in [0, 0.05) is 26.2 Å². The second-order valence-electron chi connectivity index (χ2n) is 6.87. The van der Waals surface area contributed by atoms with Crippen molar-refractivity contribution in [1.29, 1.82) is 0 Å². The van der Waals surface area contributed by atoms with Crippen LogP contribution in [0.15, 0.2) is 24.3 Å². The average molecular weight is 318 g/mol. The van der Waals surface area contributed by atoms with Crippen molar-refractivity contribution in [3.63, 3.8) is 0 Å². The van der Waals surface area contributed by atoms with Gasteiger partial charge >= 0.3 is 6.03 Å². The summed E-state index contributed by atoms with van der Waals surface area (Å²) in [5, 5.41) is 12.2. The molecule has 0 aromatic heterocycles. The van der Waals surface area contributed by atoms with Crippen molar-refractivity contribution in [2.75, 3.05) is 26.2 Å². The Bertz CT molecular complexity index is 485. The predicted octanol–water partition coefficient (Wildman–Crippen LogP) is 3.16. The van der Waals surface area contributed by atoms with Gasteiger partial charge in [-0.3, -0.25) is 0 Å². The van der Waals surface area contributed by atoms with E-state index >= 15 is 0 Å². The van der Waals surface area contributed by atoms with Crippen LogP contribution in [0.3, 0.4) is 0 Å². The van der Waals surface area contributed by atoms with E-state index in [1.54, 1.807) is 0 Å². The molecule has 0 aliphatic carbocycles. The molecule has 1 fully saturated rings. The van der Waals surface area contributed by atoms with Gasteiger partial charge in [-0.1, -0.05) is 38.1 Å². The van der Waals surface area contributed by atoms with Gasteiger partial charge < -0.3 is 15.3 Å². The Morgan fingerprint density at radius 1 is 1.35 bits per heavy atom. The van der Waals surface area contributed by atoms with E-state index in [9.17, 15) is 9.90 Å². The normalized spacial score (nSPS) is 18.3. The molecule has 2 N–H and O–H groups in total. The van der Waals surface area contributed by atoms with Crippen molar-refractivity contribution in [2.45, 2.75) is 45.4 Å². The lowest BCUT2D eigenvalue weighted by Gasteiger charge is -2.31. The Balaban J connectivity index is 1.67. The number of nitrogens with one attached hydrogen (secondary N) is 1. The van der Waals surface area contributed by atoms with Crippen molar-refractivity contribution in [2.24, 2.45) is 5.92 Å². The molecule has 1 saturated heterocycles. The summed E-state index contributed by atoms with van der Waals surface area (Å²) < 4.78 is 0. The van der Waals surface area contributed by atoms with Crippen molar-refractivity contribution in [1.82, 2.24) is 10.2 Å². The quantitative estimate of drug-likeness (QED) is 0.792. The minimum atomic E-state index is 0.0123. The van der Waals surface area contributed by atoms with Crippen LogP contribution in [-0.2, 0) is 6.42 Å². The van der Waals surface area contributed by atoms with Crippen molar-refractivity contribution < 1.29 is 9.90 Å². The first kappa shape index (κ1) is 17.8. The van der Waals surface area contributed by atoms with Gasteiger partial charge in [-0.05, 0) is 48.6 Å².